The zero-order valence-electron chi connectivity index (χ0n) is 12.8. The number of benzene rings is 2. The number of hydrogen-bond donors (Lipinski definition) is 2. The number of carboxylic acid groups (broad SMARTS) is 1. The van der Waals surface area contributed by atoms with Crippen LogP contribution in [0.4, 0.5) is 10.1 Å². The zero-order valence-corrected chi connectivity index (χ0v) is 12.8. The van der Waals surface area contributed by atoms with Crippen LogP contribution in [0.2, 0.25) is 0 Å². The summed E-state index contributed by atoms with van der Waals surface area (Å²) in [6, 6.07) is 13.2. The average molecular weight is 314 g/mol. The Bertz CT molecular complexity index is 718. The topological polar surface area (TPSA) is 52.6 Å². The quantitative estimate of drug-likeness (QED) is 0.890. The molecule has 1 aliphatic rings. The van der Waals surface area contributed by atoms with Crippen molar-refractivity contribution in [2.45, 2.75) is 19.5 Å². The van der Waals surface area contributed by atoms with E-state index in [-0.39, 0.29) is 12.4 Å². The van der Waals surface area contributed by atoms with Crippen LogP contribution in [0, 0.1) is 5.82 Å². The molecule has 0 bridgehead atoms. The lowest BCUT2D eigenvalue weighted by Crippen LogP contribution is -2.31. The molecule has 3 rings (SSSR count). The largest absolute Gasteiger partial charge is 0.480 e. The summed E-state index contributed by atoms with van der Waals surface area (Å²) in [4.78, 5) is 12.6. The number of hydrogen-bond acceptors (Lipinski definition) is 3. The van der Waals surface area contributed by atoms with E-state index in [1.807, 2.05) is 17.0 Å². The Balaban J connectivity index is 1.76. The third-order valence-corrected chi connectivity index (χ3v) is 4.09. The molecule has 0 saturated heterocycles. The molecule has 0 amide bonds. The fourth-order valence-corrected chi connectivity index (χ4v) is 2.93. The van der Waals surface area contributed by atoms with Crippen LogP contribution in [0.15, 0.2) is 42.5 Å². The summed E-state index contributed by atoms with van der Waals surface area (Å²) in [5, 5.41) is 11.5. The molecular weight excluding hydrogens is 295 g/mol. The van der Waals surface area contributed by atoms with Crippen LogP contribution in [0.1, 0.15) is 16.7 Å². The Labute approximate surface area is 134 Å². The lowest BCUT2D eigenvalue weighted by Gasteiger charge is -2.31. The monoisotopic (exact) mass is 314 g/mol. The molecule has 120 valence electrons. The number of aliphatic carboxylic acids is 1. The first kappa shape index (κ1) is 15.5. The predicted molar refractivity (Wildman–Crippen MR) is 86.9 cm³/mol. The Hall–Kier alpha value is -2.40. The first-order valence-corrected chi connectivity index (χ1v) is 7.66. The summed E-state index contributed by atoms with van der Waals surface area (Å²) >= 11 is 0. The van der Waals surface area contributed by atoms with E-state index in [4.69, 9.17) is 5.11 Å². The molecular formula is C18H19FN2O2. The highest BCUT2D eigenvalue weighted by Gasteiger charge is 2.19. The van der Waals surface area contributed by atoms with Gasteiger partial charge in [0.15, 0.2) is 0 Å². The number of rotatable bonds is 5. The maximum absolute atomic E-state index is 14.2. The zero-order chi connectivity index (χ0) is 16.2. The second kappa shape index (κ2) is 6.79. The molecule has 0 aromatic heterocycles. The Morgan fingerprint density at radius 1 is 1.22 bits per heavy atom. The maximum Gasteiger partial charge on any atom is 0.317 e. The van der Waals surface area contributed by atoms with Crippen LogP contribution in [-0.4, -0.2) is 24.2 Å². The first-order chi connectivity index (χ1) is 11.1. The minimum absolute atomic E-state index is 0.107. The van der Waals surface area contributed by atoms with Crippen molar-refractivity contribution in [3.05, 3.63) is 65.0 Å². The number of carboxylic acids is 1. The summed E-state index contributed by atoms with van der Waals surface area (Å²) in [5.74, 6) is -1.15. The molecule has 2 N–H and O–H groups in total. The van der Waals surface area contributed by atoms with Gasteiger partial charge in [0.05, 0.1) is 12.2 Å². The number of halogens is 1. The van der Waals surface area contributed by atoms with Gasteiger partial charge in [0.25, 0.3) is 0 Å². The minimum atomic E-state index is -0.903. The van der Waals surface area contributed by atoms with Crippen LogP contribution in [0.5, 0.6) is 0 Å². The van der Waals surface area contributed by atoms with Gasteiger partial charge in [0.2, 0.25) is 0 Å². The molecule has 1 aliphatic heterocycles. The number of anilines is 1. The van der Waals surface area contributed by atoms with Crippen molar-refractivity contribution in [3.8, 4) is 0 Å². The van der Waals surface area contributed by atoms with Gasteiger partial charge in [-0.3, -0.25) is 4.79 Å². The molecule has 0 spiro atoms. The van der Waals surface area contributed by atoms with Crippen LogP contribution in [-0.2, 0) is 24.3 Å². The third-order valence-electron chi connectivity index (χ3n) is 4.09. The van der Waals surface area contributed by atoms with E-state index in [2.05, 4.69) is 17.4 Å². The molecule has 0 fully saturated rings. The molecule has 0 aliphatic carbocycles. The van der Waals surface area contributed by atoms with Gasteiger partial charge in [0, 0.05) is 19.6 Å². The van der Waals surface area contributed by atoms with E-state index < -0.39 is 5.97 Å². The first-order valence-electron chi connectivity index (χ1n) is 7.66. The maximum atomic E-state index is 14.2. The van der Waals surface area contributed by atoms with Crippen LogP contribution in [0.25, 0.3) is 0 Å². The average Bonchev–Trinajstić information content (AvgIpc) is 2.55. The number of carbonyl (C=O) groups is 1. The molecule has 0 atom stereocenters. The van der Waals surface area contributed by atoms with E-state index >= 15 is 0 Å². The van der Waals surface area contributed by atoms with E-state index in [1.54, 1.807) is 12.1 Å². The van der Waals surface area contributed by atoms with Crippen molar-refractivity contribution >= 4 is 11.7 Å². The van der Waals surface area contributed by atoms with E-state index in [0.29, 0.717) is 18.8 Å². The standard InChI is InChI=1S/C18H19FN2O2/c19-16-6-5-13(10-20-11-18(22)23)9-17(16)21-8-7-14-3-1-2-4-15(14)12-21/h1-6,9,20H,7-8,10-12H2,(H,22,23). The van der Waals surface area contributed by atoms with Crippen LogP contribution < -0.4 is 10.2 Å². The smallest absolute Gasteiger partial charge is 0.317 e. The van der Waals surface area contributed by atoms with Crippen molar-refractivity contribution in [2.24, 2.45) is 0 Å². The molecule has 2 aromatic rings. The second-order valence-electron chi connectivity index (χ2n) is 5.72. The summed E-state index contributed by atoms with van der Waals surface area (Å²) in [6.45, 7) is 1.77. The SMILES string of the molecule is O=C(O)CNCc1ccc(F)c(N2CCc3ccccc3C2)c1. The number of nitrogens with one attached hydrogen (secondary N) is 1. The van der Waals surface area contributed by atoms with Crippen molar-refractivity contribution in [2.75, 3.05) is 18.0 Å². The molecule has 23 heavy (non-hydrogen) atoms. The molecule has 5 heteroatoms. The van der Waals surface area contributed by atoms with Crippen molar-refractivity contribution < 1.29 is 14.3 Å². The highest BCUT2D eigenvalue weighted by Crippen LogP contribution is 2.27. The van der Waals surface area contributed by atoms with Gasteiger partial charge in [-0.25, -0.2) is 4.39 Å². The Morgan fingerprint density at radius 3 is 2.78 bits per heavy atom. The Kier molecular flexibility index (Phi) is 4.57. The van der Waals surface area contributed by atoms with E-state index in [9.17, 15) is 9.18 Å². The lowest BCUT2D eigenvalue weighted by atomic mass is 9.99. The van der Waals surface area contributed by atoms with Gasteiger partial charge >= 0.3 is 5.97 Å². The normalized spacial score (nSPS) is 13.7. The summed E-state index contributed by atoms with van der Waals surface area (Å²) in [7, 11) is 0. The molecule has 0 saturated carbocycles. The van der Waals surface area contributed by atoms with Gasteiger partial charge in [-0.15, -0.1) is 0 Å². The number of nitrogens with zero attached hydrogens (tertiary/aromatic N) is 1. The van der Waals surface area contributed by atoms with Gasteiger partial charge in [0.1, 0.15) is 5.82 Å². The van der Waals surface area contributed by atoms with Crippen LogP contribution >= 0.6 is 0 Å². The molecule has 4 nitrogen and oxygen atoms in total. The van der Waals surface area contributed by atoms with Crippen LogP contribution in [0.3, 0.4) is 0 Å². The van der Waals surface area contributed by atoms with Crippen molar-refractivity contribution in [1.82, 2.24) is 5.32 Å². The van der Waals surface area contributed by atoms with Gasteiger partial charge in [-0.2, -0.15) is 0 Å². The van der Waals surface area contributed by atoms with Gasteiger partial charge in [-0.1, -0.05) is 30.3 Å². The third kappa shape index (κ3) is 3.68. The van der Waals surface area contributed by atoms with E-state index in [0.717, 1.165) is 18.5 Å². The molecule has 0 unspecified atom stereocenters. The van der Waals surface area contributed by atoms with Gasteiger partial charge < -0.3 is 15.3 Å². The molecule has 2 aromatic carbocycles. The van der Waals surface area contributed by atoms with Crippen molar-refractivity contribution in [1.29, 1.82) is 0 Å². The fourth-order valence-electron chi connectivity index (χ4n) is 2.93. The van der Waals surface area contributed by atoms with Crippen molar-refractivity contribution in [3.63, 3.8) is 0 Å². The summed E-state index contributed by atoms with van der Waals surface area (Å²) < 4.78 is 14.2. The lowest BCUT2D eigenvalue weighted by molar-refractivity contribution is -0.135. The fraction of sp³-hybridized carbons (Fsp3) is 0.278. The van der Waals surface area contributed by atoms with E-state index in [1.165, 1.54) is 17.2 Å². The predicted octanol–water partition coefficient (Wildman–Crippen LogP) is 2.56. The number of fused-ring (bicyclic) bond motifs is 1. The minimum Gasteiger partial charge on any atom is -0.480 e. The highest BCUT2D eigenvalue weighted by molar-refractivity contribution is 5.69. The van der Waals surface area contributed by atoms with Gasteiger partial charge in [-0.05, 0) is 35.2 Å². The molecule has 1 heterocycles. The summed E-state index contributed by atoms with van der Waals surface area (Å²) in [5.41, 5.74) is 4.01. The Morgan fingerprint density at radius 2 is 2.00 bits per heavy atom. The second-order valence-corrected chi connectivity index (χ2v) is 5.72. The molecule has 0 radical (unpaired) electrons. The summed E-state index contributed by atoms with van der Waals surface area (Å²) in [6.07, 6.45) is 0.900. The highest BCUT2D eigenvalue weighted by atomic mass is 19.1.